The van der Waals surface area contributed by atoms with Crippen LogP contribution in [0, 0.1) is 6.92 Å². The van der Waals surface area contributed by atoms with Crippen molar-refractivity contribution in [2.45, 2.75) is 32.4 Å². The summed E-state index contributed by atoms with van der Waals surface area (Å²) in [5.41, 5.74) is 2.78. The van der Waals surface area contributed by atoms with Gasteiger partial charge in [0.15, 0.2) is 0 Å². The summed E-state index contributed by atoms with van der Waals surface area (Å²) < 4.78 is 0. The van der Waals surface area contributed by atoms with Crippen LogP contribution in [-0.2, 0) is 6.42 Å². The molecule has 1 fully saturated rings. The number of benzene rings is 1. The number of hydrogen-bond donors (Lipinski definition) is 2. The predicted octanol–water partition coefficient (Wildman–Crippen LogP) is 1.49. The van der Waals surface area contributed by atoms with Gasteiger partial charge in [-0.1, -0.05) is 29.8 Å². The standard InChI is InChI=1S/C13H20N2/c1-10-4-3-5-12(8-10)9-13-11(2)14-6-7-15-13/h3-5,8,11,13-15H,6-7,9H2,1-2H3. The van der Waals surface area contributed by atoms with Crippen LogP contribution < -0.4 is 10.6 Å². The lowest BCUT2D eigenvalue weighted by molar-refractivity contribution is 0.336. The van der Waals surface area contributed by atoms with Crippen LogP contribution in [-0.4, -0.2) is 25.2 Å². The maximum Gasteiger partial charge on any atom is 0.0259 e. The average Bonchev–Trinajstić information content (AvgIpc) is 2.22. The van der Waals surface area contributed by atoms with Crippen molar-refractivity contribution in [2.75, 3.05) is 13.1 Å². The van der Waals surface area contributed by atoms with E-state index >= 15 is 0 Å². The van der Waals surface area contributed by atoms with Gasteiger partial charge in [0.25, 0.3) is 0 Å². The van der Waals surface area contributed by atoms with E-state index in [1.54, 1.807) is 0 Å². The van der Waals surface area contributed by atoms with Gasteiger partial charge in [0.1, 0.15) is 0 Å². The molecule has 2 atom stereocenters. The van der Waals surface area contributed by atoms with E-state index in [0.717, 1.165) is 19.5 Å². The number of rotatable bonds is 2. The summed E-state index contributed by atoms with van der Waals surface area (Å²) in [6.45, 7) is 6.58. The van der Waals surface area contributed by atoms with Crippen molar-refractivity contribution in [1.29, 1.82) is 0 Å². The quantitative estimate of drug-likeness (QED) is 0.762. The van der Waals surface area contributed by atoms with E-state index in [4.69, 9.17) is 0 Å². The fourth-order valence-corrected chi connectivity index (χ4v) is 2.22. The zero-order chi connectivity index (χ0) is 10.7. The van der Waals surface area contributed by atoms with Gasteiger partial charge in [-0.2, -0.15) is 0 Å². The third kappa shape index (κ3) is 2.80. The molecule has 82 valence electrons. The predicted molar refractivity (Wildman–Crippen MR) is 64.1 cm³/mol. The molecular weight excluding hydrogens is 184 g/mol. The Balaban J connectivity index is 2.01. The highest BCUT2D eigenvalue weighted by molar-refractivity contribution is 5.23. The molecule has 2 rings (SSSR count). The molecule has 2 unspecified atom stereocenters. The lowest BCUT2D eigenvalue weighted by Crippen LogP contribution is -2.55. The Morgan fingerprint density at radius 1 is 1.27 bits per heavy atom. The zero-order valence-electron chi connectivity index (χ0n) is 9.59. The molecule has 0 radical (unpaired) electrons. The zero-order valence-corrected chi connectivity index (χ0v) is 9.59. The molecule has 1 aliphatic rings. The summed E-state index contributed by atoms with van der Waals surface area (Å²) in [6.07, 6.45) is 1.12. The summed E-state index contributed by atoms with van der Waals surface area (Å²) in [6, 6.07) is 9.93. The summed E-state index contributed by atoms with van der Waals surface area (Å²) in [4.78, 5) is 0. The highest BCUT2D eigenvalue weighted by Crippen LogP contribution is 2.10. The summed E-state index contributed by atoms with van der Waals surface area (Å²) in [5.74, 6) is 0. The first-order valence-corrected chi connectivity index (χ1v) is 5.78. The molecule has 0 saturated carbocycles. The van der Waals surface area contributed by atoms with Crippen molar-refractivity contribution in [2.24, 2.45) is 0 Å². The lowest BCUT2D eigenvalue weighted by atomic mass is 9.98. The third-order valence-electron chi connectivity index (χ3n) is 3.14. The first kappa shape index (κ1) is 10.7. The molecule has 1 aromatic rings. The third-order valence-corrected chi connectivity index (χ3v) is 3.14. The number of hydrogen-bond acceptors (Lipinski definition) is 2. The maximum atomic E-state index is 3.57. The topological polar surface area (TPSA) is 24.1 Å². The van der Waals surface area contributed by atoms with Gasteiger partial charge in [-0.25, -0.2) is 0 Å². The van der Waals surface area contributed by atoms with E-state index in [2.05, 4.69) is 48.7 Å². The normalized spacial score (nSPS) is 26.5. The molecule has 0 bridgehead atoms. The number of aryl methyl sites for hydroxylation is 1. The van der Waals surface area contributed by atoms with E-state index in [1.807, 2.05) is 0 Å². The van der Waals surface area contributed by atoms with Gasteiger partial charge in [0.2, 0.25) is 0 Å². The Morgan fingerprint density at radius 3 is 2.80 bits per heavy atom. The smallest absolute Gasteiger partial charge is 0.0259 e. The molecule has 15 heavy (non-hydrogen) atoms. The largest absolute Gasteiger partial charge is 0.311 e. The lowest BCUT2D eigenvalue weighted by Gasteiger charge is -2.31. The minimum atomic E-state index is 0.569. The fourth-order valence-electron chi connectivity index (χ4n) is 2.22. The molecule has 0 spiro atoms. The molecule has 0 amide bonds. The van der Waals surface area contributed by atoms with Crippen LogP contribution in [0.3, 0.4) is 0 Å². The molecule has 2 heteroatoms. The molecule has 1 heterocycles. The Morgan fingerprint density at radius 2 is 2.07 bits per heavy atom. The Kier molecular flexibility index (Phi) is 3.39. The van der Waals surface area contributed by atoms with Gasteiger partial charge < -0.3 is 10.6 Å². The van der Waals surface area contributed by atoms with Crippen molar-refractivity contribution >= 4 is 0 Å². The van der Waals surface area contributed by atoms with Crippen molar-refractivity contribution in [1.82, 2.24) is 10.6 Å². The number of nitrogens with one attached hydrogen (secondary N) is 2. The fraction of sp³-hybridized carbons (Fsp3) is 0.538. The van der Waals surface area contributed by atoms with Gasteiger partial charge >= 0.3 is 0 Å². The van der Waals surface area contributed by atoms with Crippen LogP contribution in [0.25, 0.3) is 0 Å². The highest BCUT2D eigenvalue weighted by atomic mass is 15.1. The molecule has 1 aromatic carbocycles. The van der Waals surface area contributed by atoms with E-state index in [1.165, 1.54) is 11.1 Å². The van der Waals surface area contributed by atoms with E-state index in [-0.39, 0.29) is 0 Å². The summed E-state index contributed by atoms with van der Waals surface area (Å²) in [7, 11) is 0. The van der Waals surface area contributed by atoms with Crippen LogP contribution in [0.1, 0.15) is 18.1 Å². The molecule has 2 N–H and O–H groups in total. The highest BCUT2D eigenvalue weighted by Gasteiger charge is 2.19. The first-order chi connectivity index (χ1) is 7.25. The van der Waals surface area contributed by atoms with Gasteiger partial charge in [-0.05, 0) is 25.8 Å². The summed E-state index contributed by atoms with van der Waals surface area (Å²) >= 11 is 0. The van der Waals surface area contributed by atoms with Crippen LogP contribution >= 0.6 is 0 Å². The first-order valence-electron chi connectivity index (χ1n) is 5.78. The molecule has 0 aliphatic carbocycles. The SMILES string of the molecule is Cc1cccc(CC2NCCNC2C)c1. The van der Waals surface area contributed by atoms with E-state index < -0.39 is 0 Å². The van der Waals surface area contributed by atoms with Crippen LogP contribution in [0.2, 0.25) is 0 Å². The Hall–Kier alpha value is -0.860. The number of piperazine rings is 1. The summed E-state index contributed by atoms with van der Waals surface area (Å²) in [5, 5.41) is 7.08. The Labute approximate surface area is 92.1 Å². The average molecular weight is 204 g/mol. The molecule has 2 nitrogen and oxygen atoms in total. The minimum Gasteiger partial charge on any atom is -0.311 e. The van der Waals surface area contributed by atoms with Crippen LogP contribution in [0.15, 0.2) is 24.3 Å². The molecule has 0 aromatic heterocycles. The van der Waals surface area contributed by atoms with E-state index in [0.29, 0.717) is 12.1 Å². The van der Waals surface area contributed by atoms with Crippen molar-refractivity contribution in [3.63, 3.8) is 0 Å². The monoisotopic (exact) mass is 204 g/mol. The van der Waals surface area contributed by atoms with E-state index in [9.17, 15) is 0 Å². The second kappa shape index (κ2) is 4.77. The van der Waals surface area contributed by atoms with Gasteiger partial charge in [0, 0.05) is 25.2 Å². The molecule has 1 aliphatic heterocycles. The van der Waals surface area contributed by atoms with Crippen molar-refractivity contribution in [3.8, 4) is 0 Å². The molecule has 1 saturated heterocycles. The van der Waals surface area contributed by atoms with Crippen molar-refractivity contribution in [3.05, 3.63) is 35.4 Å². The second-order valence-corrected chi connectivity index (χ2v) is 4.50. The van der Waals surface area contributed by atoms with Crippen LogP contribution in [0.4, 0.5) is 0 Å². The maximum absolute atomic E-state index is 3.57. The molecular formula is C13H20N2. The van der Waals surface area contributed by atoms with Crippen molar-refractivity contribution < 1.29 is 0 Å². The van der Waals surface area contributed by atoms with Gasteiger partial charge in [-0.15, -0.1) is 0 Å². The van der Waals surface area contributed by atoms with Gasteiger partial charge in [-0.3, -0.25) is 0 Å². The van der Waals surface area contributed by atoms with Gasteiger partial charge in [0.05, 0.1) is 0 Å². The Bertz CT molecular complexity index is 322. The minimum absolute atomic E-state index is 0.569. The van der Waals surface area contributed by atoms with Crippen LogP contribution in [0.5, 0.6) is 0 Å². The second-order valence-electron chi connectivity index (χ2n) is 4.50.